The molecule has 0 fully saturated rings. The third-order valence-corrected chi connectivity index (χ3v) is 6.23. The van der Waals surface area contributed by atoms with Crippen LogP contribution in [0.15, 0.2) is 52.3 Å². The van der Waals surface area contributed by atoms with Crippen LogP contribution in [0.3, 0.4) is 0 Å². The Morgan fingerprint density at radius 1 is 0.963 bits per heavy atom. The molecule has 3 N–H and O–H groups in total. The van der Waals surface area contributed by atoms with Crippen molar-refractivity contribution in [3.05, 3.63) is 58.6 Å². The Morgan fingerprint density at radius 3 is 2.04 bits per heavy atom. The highest BCUT2D eigenvalue weighted by Gasteiger charge is 2.34. The van der Waals surface area contributed by atoms with Gasteiger partial charge in [0.15, 0.2) is 0 Å². The van der Waals surface area contributed by atoms with Gasteiger partial charge in [0.1, 0.15) is 0 Å². The lowest BCUT2D eigenvalue weighted by Gasteiger charge is -2.12. The van der Waals surface area contributed by atoms with Gasteiger partial charge < -0.3 is 0 Å². The maximum absolute atomic E-state index is 12.9. The molecule has 12 heteroatoms. The van der Waals surface area contributed by atoms with Crippen molar-refractivity contribution in [3.63, 3.8) is 0 Å². The first-order valence-corrected chi connectivity index (χ1v) is 10.7. The summed E-state index contributed by atoms with van der Waals surface area (Å²) < 4.78 is 87.4. The molecule has 0 unspecified atom stereocenters. The summed E-state index contributed by atoms with van der Waals surface area (Å²) in [4.78, 5) is -0.656. The molecule has 0 spiro atoms. The molecule has 27 heavy (non-hydrogen) atoms. The summed E-state index contributed by atoms with van der Waals surface area (Å²) in [5.41, 5.74) is -0.636. The van der Waals surface area contributed by atoms with Gasteiger partial charge in [-0.2, -0.15) is 13.2 Å². The topological polar surface area (TPSA) is 106 Å². The summed E-state index contributed by atoms with van der Waals surface area (Å²) in [5, 5.41) is 4.37. The Kier molecular flexibility index (Phi) is 6.22. The first kappa shape index (κ1) is 21.6. The van der Waals surface area contributed by atoms with Crippen molar-refractivity contribution >= 4 is 31.6 Å². The molecule has 0 atom stereocenters. The van der Waals surface area contributed by atoms with Crippen molar-refractivity contribution in [3.8, 4) is 0 Å². The summed E-state index contributed by atoms with van der Waals surface area (Å²) >= 11 is 5.47. The van der Waals surface area contributed by atoms with Crippen LogP contribution >= 0.6 is 11.6 Å². The zero-order valence-corrected chi connectivity index (χ0v) is 15.9. The molecule has 0 bridgehead atoms. The van der Waals surface area contributed by atoms with Crippen LogP contribution in [0.1, 0.15) is 11.1 Å². The van der Waals surface area contributed by atoms with Gasteiger partial charge in [0.25, 0.3) is 0 Å². The van der Waals surface area contributed by atoms with Gasteiger partial charge in [-0.3, -0.25) is 0 Å². The van der Waals surface area contributed by atoms with Crippen LogP contribution in [0.25, 0.3) is 0 Å². The molecule has 0 saturated heterocycles. The van der Waals surface area contributed by atoms with Crippen molar-refractivity contribution in [2.24, 2.45) is 5.14 Å². The Labute approximate surface area is 159 Å². The highest BCUT2D eigenvalue weighted by atomic mass is 35.5. The van der Waals surface area contributed by atoms with Crippen LogP contribution in [0.5, 0.6) is 0 Å². The van der Waals surface area contributed by atoms with Crippen molar-refractivity contribution in [2.45, 2.75) is 22.4 Å². The minimum atomic E-state index is -4.78. The van der Waals surface area contributed by atoms with E-state index in [-0.39, 0.29) is 17.9 Å². The first-order chi connectivity index (χ1) is 12.3. The number of rotatable bonds is 6. The molecule has 0 aliphatic carbocycles. The second-order valence-corrected chi connectivity index (χ2v) is 9.21. The number of benzene rings is 2. The molecule has 148 valence electrons. The standard InChI is InChI=1S/C15H14ClF3N2O4S2/c16-14-6-5-12(9-13(14)15(17,18)19)27(24,25)21-8-7-10-1-3-11(4-2-10)26(20,22)23/h1-6,9,21H,7-8H2,(H2,20,22,23). The van der Waals surface area contributed by atoms with Crippen LogP contribution < -0.4 is 9.86 Å². The first-order valence-electron chi connectivity index (χ1n) is 7.29. The molecule has 2 aromatic carbocycles. The average molecular weight is 443 g/mol. The minimum absolute atomic E-state index is 0.0901. The third-order valence-electron chi connectivity index (χ3n) is 3.51. The van der Waals surface area contributed by atoms with E-state index in [2.05, 4.69) is 4.72 Å². The molecule has 0 amide bonds. The van der Waals surface area contributed by atoms with Crippen LogP contribution in [0.2, 0.25) is 5.02 Å². The van der Waals surface area contributed by atoms with Crippen LogP contribution in [-0.2, 0) is 32.6 Å². The number of nitrogens with two attached hydrogens (primary N) is 1. The summed E-state index contributed by atoms with van der Waals surface area (Å²) in [5.74, 6) is 0. The van der Waals surface area contributed by atoms with E-state index >= 15 is 0 Å². The van der Waals surface area contributed by atoms with Gasteiger partial charge >= 0.3 is 6.18 Å². The zero-order chi connectivity index (χ0) is 20.5. The van der Waals surface area contributed by atoms with Crippen molar-refractivity contribution in [1.82, 2.24) is 4.72 Å². The fourth-order valence-corrected chi connectivity index (χ4v) is 3.95. The summed E-state index contributed by atoms with van der Waals surface area (Å²) in [6.45, 7) is -0.110. The molecule has 0 aromatic heterocycles. The van der Waals surface area contributed by atoms with E-state index in [9.17, 15) is 30.0 Å². The Bertz CT molecular complexity index is 1040. The van der Waals surface area contributed by atoms with E-state index in [4.69, 9.17) is 16.7 Å². The number of primary sulfonamides is 1. The smallest absolute Gasteiger partial charge is 0.225 e. The number of alkyl halides is 3. The molecule has 0 aliphatic heterocycles. The lowest BCUT2D eigenvalue weighted by Crippen LogP contribution is -2.26. The van der Waals surface area contributed by atoms with E-state index in [1.54, 1.807) is 0 Å². The number of hydrogen-bond donors (Lipinski definition) is 2. The van der Waals surface area contributed by atoms with Gasteiger partial charge in [0.2, 0.25) is 20.0 Å². The van der Waals surface area contributed by atoms with Crippen molar-refractivity contribution in [1.29, 1.82) is 0 Å². The number of halogens is 4. The van der Waals surface area contributed by atoms with Gasteiger partial charge in [-0.05, 0) is 42.3 Å². The van der Waals surface area contributed by atoms with Crippen LogP contribution in [0, 0.1) is 0 Å². The number of hydrogen-bond acceptors (Lipinski definition) is 4. The maximum Gasteiger partial charge on any atom is 0.417 e. The molecule has 0 radical (unpaired) electrons. The van der Waals surface area contributed by atoms with Gasteiger partial charge in [0.05, 0.1) is 20.4 Å². The lowest BCUT2D eigenvalue weighted by atomic mass is 10.2. The monoisotopic (exact) mass is 442 g/mol. The predicted octanol–water partition coefficient (Wildman–Crippen LogP) is 2.53. The Balaban J connectivity index is 2.09. The Morgan fingerprint density at radius 2 is 1.52 bits per heavy atom. The van der Waals surface area contributed by atoms with E-state index in [0.717, 1.165) is 12.1 Å². The van der Waals surface area contributed by atoms with Crippen molar-refractivity contribution < 1.29 is 30.0 Å². The van der Waals surface area contributed by atoms with Crippen LogP contribution in [-0.4, -0.2) is 23.4 Å². The van der Waals surface area contributed by atoms with E-state index in [0.29, 0.717) is 11.6 Å². The number of sulfonamides is 2. The quantitative estimate of drug-likeness (QED) is 0.716. The molecule has 0 saturated carbocycles. The van der Waals surface area contributed by atoms with E-state index < -0.39 is 41.7 Å². The highest BCUT2D eigenvalue weighted by Crippen LogP contribution is 2.35. The summed E-state index contributed by atoms with van der Waals surface area (Å²) in [6.07, 6.45) is -4.60. The second-order valence-electron chi connectivity index (χ2n) is 5.48. The van der Waals surface area contributed by atoms with Gasteiger partial charge in [-0.1, -0.05) is 23.7 Å². The zero-order valence-electron chi connectivity index (χ0n) is 13.5. The van der Waals surface area contributed by atoms with Gasteiger partial charge in [-0.25, -0.2) is 26.7 Å². The van der Waals surface area contributed by atoms with Crippen molar-refractivity contribution in [2.75, 3.05) is 6.54 Å². The molecule has 2 rings (SSSR count). The fraction of sp³-hybridized carbons (Fsp3) is 0.200. The van der Waals surface area contributed by atoms with Crippen LogP contribution in [0.4, 0.5) is 13.2 Å². The highest BCUT2D eigenvalue weighted by molar-refractivity contribution is 7.89. The third kappa shape index (κ3) is 5.66. The fourth-order valence-electron chi connectivity index (χ4n) is 2.15. The SMILES string of the molecule is NS(=O)(=O)c1ccc(CCNS(=O)(=O)c2ccc(Cl)c(C(F)(F)F)c2)cc1. The lowest BCUT2D eigenvalue weighted by molar-refractivity contribution is -0.137. The largest absolute Gasteiger partial charge is 0.417 e. The minimum Gasteiger partial charge on any atom is -0.225 e. The molecule has 0 heterocycles. The predicted molar refractivity (Wildman–Crippen MR) is 93.2 cm³/mol. The van der Waals surface area contributed by atoms with Gasteiger partial charge in [-0.15, -0.1) is 0 Å². The maximum atomic E-state index is 12.9. The summed E-state index contributed by atoms with van der Waals surface area (Å²) in [7, 11) is -8.02. The number of nitrogens with one attached hydrogen (secondary N) is 1. The van der Waals surface area contributed by atoms with E-state index in [1.165, 1.54) is 24.3 Å². The molecular weight excluding hydrogens is 429 g/mol. The molecule has 2 aromatic rings. The molecule has 0 aliphatic rings. The van der Waals surface area contributed by atoms with E-state index in [1.807, 2.05) is 0 Å². The summed E-state index contributed by atoms with van der Waals surface area (Å²) in [6, 6.07) is 7.76. The second kappa shape index (κ2) is 7.76. The average Bonchev–Trinajstić information content (AvgIpc) is 2.53. The van der Waals surface area contributed by atoms with Gasteiger partial charge in [0, 0.05) is 6.54 Å². The molecule has 6 nitrogen and oxygen atoms in total. The molecular formula is C15H14ClF3N2O4S2. The normalized spacial score (nSPS) is 12.9. The Hall–Kier alpha value is -1.66.